The molecule has 3 aromatic carbocycles. The lowest BCUT2D eigenvalue weighted by molar-refractivity contribution is -0.274. The number of fused-ring (bicyclic) bond motifs is 1. The van der Waals surface area contributed by atoms with E-state index in [0.717, 1.165) is 10.8 Å². The van der Waals surface area contributed by atoms with Crippen LogP contribution in [-0.4, -0.2) is 11.5 Å². The molecule has 3 aromatic rings. The summed E-state index contributed by atoms with van der Waals surface area (Å²) in [5, 5.41) is 12.4. The number of hydrogen-bond acceptors (Lipinski definition) is 2. The van der Waals surface area contributed by atoms with Crippen LogP contribution < -0.4 is 4.74 Å². The smallest absolute Gasteiger partial charge is 0.406 e. The first-order valence-electron chi connectivity index (χ1n) is 6.95. The minimum absolute atomic E-state index is 0.314. The van der Waals surface area contributed by atoms with Crippen LogP contribution in [-0.2, 0) is 0 Å². The van der Waals surface area contributed by atoms with Crippen LogP contribution in [0.4, 0.5) is 13.2 Å². The van der Waals surface area contributed by atoms with Gasteiger partial charge in [-0.3, -0.25) is 0 Å². The van der Waals surface area contributed by atoms with Gasteiger partial charge >= 0.3 is 6.36 Å². The molecule has 1 unspecified atom stereocenters. The number of ether oxygens (including phenoxy) is 1. The summed E-state index contributed by atoms with van der Waals surface area (Å²) in [6, 6.07) is 18.4. The molecule has 0 aliphatic heterocycles. The summed E-state index contributed by atoms with van der Waals surface area (Å²) in [6.07, 6.45) is -5.66. The van der Waals surface area contributed by atoms with Gasteiger partial charge in [0.1, 0.15) is 11.9 Å². The molecule has 0 heterocycles. The lowest BCUT2D eigenvalue weighted by Crippen LogP contribution is -2.17. The number of halogens is 3. The van der Waals surface area contributed by atoms with E-state index in [1.165, 1.54) is 24.3 Å². The maximum Gasteiger partial charge on any atom is 0.573 e. The third kappa shape index (κ3) is 3.46. The van der Waals surface area contributed by atoms with E-state index in [-0.39, 0.29) is 5.75 Å². The summed E-state index contributed by atoms with van der Waals surface area (Å²) in [6.45, 7) is 0. The van der Waals surface area contributed by atoms with Gasteiger partial charge in [0, 0.05) is 0 Å². The third-order valence-corrected chi connectivity index (χ3v) is 3.55. The van der Waals surface area contributed by atoms with Crippen molar-refractivity contribution in [3.63, 3.8) is 0 Å². The number of rotatable bonds is 3. The van der Waals surface area contributed by atoms with Crippen LogP contribution in [0.5, 0.6) is 5.75 Å². The molecule has 5 heteroatoms. The Hall–Kier alpha value is -2.53. The van der Waals surface area contributed by atoms with Crippen LogP contribution in [0.15, 0.2) is 66.7 Å². The second-order valence-corrected chi connectivity index (χ2v) is 5.09. The van der Waals surface area contributed by atoms with Crippen LogP contribution in [0.1, 0.15) is 17.2 Å². The van der Waals surface area contributed by atoms with Crippen molar-refractivity contribution in [3.05, 3.63) is 77.9 Å². The van der Waals surface area contributed by atoms with Crippen LogP contribution in [0.3, 0.4) is 0 Å². The lowest BCUT2D eigenvalue weighted by atomic mass is 9.96. The molecule has 23 heavy (non-hydrogen) atoms. The van der Waals surface area contributed by atoms with Gasteiger partial charge in [0.2, 0.25) is 0 Å². The molecule has 0 amide bonds. The van der Waals surface area contributed by atoms with Gasteiger partial charge in [0.15, 0.2) is 0 Å². The van der Waals surface area contributed by atoms with E-state index in [2.05, 4.69) is 4.74 Å². The van der Waals surface area contributed by atoms with Crippen LogP contribution in [0.2, 0.25) is 0 Å². The van der Waals surface area contributed by atoms with Gasteiger partial charge < -0.3 is 9.84 Å². The molecule has 118 valence electrons. The highest BCUT2D eigenvalue weighted by Crippen LogP contribution is 2.30. The zero-order valence-electron chi connectivity index (χ0n) is 11.9. The fourth-order valence-electron chi connectivity index (χ4n) is 2.52. The monoisotopic (exact) mass is 318 g/mol. The minimum atomic E-state index is -4.73. The average Bonchev–Trinajstić information content (AvgIpc) is 2.53. The number of aliphatic hydroxyl groups is 1. The first-order chi connectivity index (χ1) is 10.9. The van der Waals surface area contributed by atoms with Crippen LogP contribution in [0.25, 0.3) is 10.8 Å². The van der Waals surface area contributed by atoms with Gasteiger partial charge in [-0.25, -0.2) is 0 Å². The van der Waals surface area contributed by atoms with E-state index in [0.29, 0.717) is 11.1 Å². The van der Waals surface area contributed by atoms with E-state index >= 15 is 0 Å². The fourth-order valence-corrected chi connectivity index (χ4v) is 2.52. The summed E-state index contributed by atoms with van der Waals surface area (Å²) in [5.74, 6) is -0.314. The molecule has 3 rings (SSSR count). The lowest BCUT2D eigenvalue weighted by Gasteiger charge is -2.15. The van der Waals surface area contributed by atoms with E-state index in [4.69, 9.17) is 0 Å². The highest BCUT2D eigenvalue weighted by atomic mass is 19.4. The van der Waals surface area contributed by atoms with Crippen molar-refractivity contribution in [1.82, 2.24) is 0 Å². The molecule has 0 bridgehead atoms. The van der Waals surface area contributed by atoms with Gasteiger partial charge in [-0.05, 0) is 34.0 Å². The Morgan fingerprint density at radius 1 is 0.826 bits per heavy atom. The highest BCUT2D eigenvalue weighted by Gasteiger charge is 2.31. The Morgan fingerprint density at radius 2 is 1.48 bits per heavy atom. The summed E-state index contributed by atoms with van der Waals surface area (Å²) >= 11 is 0. The van der Waals surface area contributed by atoms with Crippen molar-refractivity contribution in [1.29, 1.82) is 0 Å². The molecular weight excluding hydrogens is 305 g/mol. The van der Waals surface area contributed by atoms with Gasteiger partial charge in [0.05, 0.1) is 0 Å². The maximum atomic E-state index is 12.2. The van der Waals surface area contributed by atoms with Gasteiger partial charge in [-0.1, -0.05) is 54.6 Å². The fraction of sp³-hybridized carbons (Fsp3) is 0.111. The molecule has 0 fully saturated rings. The van der Waals surface area contributed by atoms with Crippen molar-refractivity contribution < 1.29 is 23.0 Å². The van der Waals surface area contributed by atoms with Crippen LogP contribution >= 0.6 is 0 Å². The van der Waals surface area contributed by atoms with Gasteiger partial charge in [-0.15, -0.1) is 13.2 Å². The number of alkyl halides is 3. The third-order valence-electron chi connectivity index (χ3n) is 3.55. The first kappa shape index (κ1) is 15.4. The summed E-state index contributed by atoms with van der Waals surface area (Å²) in [4.78, 5) is 0. The van der Waals surface area contributed by atoms with Crippen LogP contribution in [0, 0.1) is 0 Å². The van der Waals surface area contributed by atoms with E-state index in [9.17, 15) is 18.3 Å². The average molecular weight is 318 g/mol. The highest BCUT2D eigenvalue weighted by molar-refractivity contribution is 5.86. The second-order valence-electron chi connectivity index (χ2n) is 5.09. The minimum Gasteiger partial charge on any atom is -0.406 e. The number of benzene rings is 3. The van der Waals surface area contributed by atoms with E-state index in [1.807, 2.05) is 36.4 Å². The predicted molar refractivity (Wildman–Crippen MR) is 81.1 cm³/mol. The van der Waals surface area contributed by atoms with Crippen molar-refractivity contribution in [2.24, 2.45) is 0 Å². The quantitative estimate of drug-likeness (QED) is 0.750. The molecule has 0 spiro atoms. The Bertz CT molecular complexity index is 805. The van der Waals surface area contributed by atoms with Gasteiger partial charge in [-0.2, -0.15) is 0 Å². The van der Waals surface area contributed by atoms with Crippen molar-refractivity contribution in [2.75, 3.05) is 0 Å². The Labute approximate surface area is 130 Å². The molecule has 2 nitrogen and oxygen atoms in total. The normalized spacial score (nSPS) is 13.0. The van der Waals surface area contributed by atoms with Crippen molar-refractivity contribution >= 4 is 10.8 Å². The zero-order valence-corrected chi connectivity index (χ0v) is 11.9. The van der Waals surface area contributed by atoms with Crippen molar-refractivity contribution in [2.45, 2.75) is 12.5 Å². The topological polar surface area (TPSA) is 29.5 Å². The predicted octanol–water partition coefficient (Wildman–Crippen LogP) is 4.82. The molecule has 0 aliphatic carbocycles. The summed E-state index contributed by atoms with van der Waals surface area (Å²) in [5.41, 5.74) is 1.20. The molecular formula is C18H13F3O2. The van der Waals surface area contributed by atoms with E-state index in [1.54, 1.807) is 6.07 Å². The molecule has 0 aromatic heterocycles. The Morgan fingerprint density at radius 3 is 2.17 bits per heavy atom. The molecule has 0 aliphatic rings. The Kier molecular flexibility index (Phi) is 3.96. The Balaban J connectivity index is 1.92. The number of hydrogen-bond donors (Lipinski definition) is 1. The standard InChI is InChI=1S/C18H13F3O2/c19-18(20,21)23-14-10-8-13(9-11-14)17(22)16-7-3-5-12-4-1-2-6-15(12)16/h1-11,17,22H. The first-order valence-corrected chi connectivity index (χ1v) is 6.95. The molecule has 0 saturated heterocycles. The van der Waals surface area contributed by atoms with E-state index < -0.39 is 12.5 Å². The maximum absolute atomic E-state index is 12.2. The SMILES string of the molecule is OC(c1ccc(OC(F)(F)F)cc1)c1cccc2ccccc12. The molecule has 0 saturated carbocycles. The molecule has 1 N–H and O–H groups in total. The zero-order chi connectivity index (χ0) is 16.4. The molecule has 0 radical (unpaired) electrons. The van der Waals surface area contributed by atoms with Crippen molar-refractivity contribution in [3.8, 4) is 5.75 Å². The number of aliphatic hydroxyl groups excluding tert-OH is 1. The summed E-state index contributed by atoms with van der Waals surface area (Å²) in [7, 11) is 0. The second kappa shape index (κ2) is 5.93. The van der Waals surface area contributed by atoms with Gasteiger partial charge in [0.25, 0.3) is 0 Å². The summed E-state index contributed by atoms with van der Waals surface area (Å²) < 4.78 is 40.3. The largest absolute Gasteiger partial charge is 0.573 e. The molecule has 1 atom stereocenters.